The number of carbonyl (C=O) groups excluding carboxylic acids is 2. The molecule has 2 rings (SSSR count). The SMILES string of the molecule is C=CC(=O)OC(C)(C)Oc1ccc(C(CC)c2ccc(OC(C)(C)OC(=O)C=C)cc2)cc1. The van der Waals surface area contributed by atoms with Crippen LogP contribution in [-0.2, 0) is 19.1 Å². The zero-order chi connectivity index (χ0) is 24.6. The summed E-state index contributed by atoms with van der Waals surface area (Å²) >= 11 is 0. The van der Waals surface area contributed by atoms with E-state index in [1.807, 2.05) is 48.5 Å². The quantitative estimate of drug-likeness (QED) is 0.240. The fourth-order valence-corrected chi connectivity index (χ4v) is 3.38. The zero-order valence-electron chi connectivity index (χ0n) is 19.9. The van der Waals surface area contributed by atoms with Crippen molar-refractivity contribution in [1.29, 1.82) is 0 Å². The van der Waals surface area contributed by atoms with Gasteiger partial charge in [0, 0.05) is 45.8 Å². The van der Waals surface area contributed by atoms with E-state index in [2.05, 4.69) is 20.1 Å². The lowest BCUT2D eigenvalue weighted by Crippen LogP contribution is -2.33. The average molecular weight is 453 g/mol. The largest absolute Gasteiger partial charge is 0.453 e. The number of carbonyl (C=O) groups is 2. The average Bonchev–Trinajstić information content (AvgIpc) is 2.75. The van der Waals surface area contributed by atoms with Crippen molar-refractivity contribution in [3.05, 3.63) is 85.0 Å². The Bertz CT molecular complexity index is 891. The fraction of sp³-hybridized carbons (Fsp3) is 0.333. The Labute approximate surface area is 195 Å². The maximum Gasteiger partial charge on any atom is 0.333 e. The summed E-state index contributed by atoms with van der Waals surface area (Å²) in [6.07, 6.45) is 3.10. The van der Waals surface area contributed by atoms with E-state index in [1.165, 1.54) is 0 Å². The summed E-state index contributed by atoms with van der Waals surface area (Å²) in [5.74, 6) is -1.95. The van der Waals surface area contributed by atoms with Crippen molar-refractivity contribution in [1.82, 2.24) is 0 Å². The molecule has 6 heteroatoms. The van der Waals surface area contributed by atoms with Gasteiger partial charge in [-0.25, -0.2) is 9.59 Å². The molecule has 0 heterocycles. The smallest absolute Gasteiger partial charge is 0.333 e. The van der Waals surface area contributed by atoms with Crippen LogP contribution in [0.15, 0.2) is 73.8 Å². The first kappa shape index (κ1) is 25.7. The standard InChI is InChI=1S/C27H32O6/c1-8-23(19-11-15-21(16-12-19)30-26(4,5)32-24(28)9-2)20-13-17-22(18-14-20)31-27(6,7)33-25(29)10-3/h9-18,23H,2-3,8H2,1,4-7H3. The van der Waals surface area contributed by atoms with Crippen LogP contribution in [0.1, 0.15) is 58.1 Å². The minimum atomic E-state index is -1.11. The Kier molecular flexibility index (Phi) is 8.46. The van der Waals surface area contributed by atoms with Gasteiger partial charge in [-0.05, 0) is 41.8 Å². The van der Waals surface area contributed by atoms with Crippen LogP contribution < -0.4 is 9.47 Å². The molecule has 0 unspecified atom stereocenters. The molecule has 0 spiro atoms. The van der Waals surface area contributed by atoms with Crippen molar-refractivity contribution in [2.24, 2.45) is 0 Å². The van der Waals surface area contributed by atoms with Crippen molar-refractivity contribution >= 4 is 11.9 Å². The first-order valence-corrected chi connectivity index (χ1v) is 10.8. The topological polar surface area (TPSA) is 71.1 Å². The molecule has 0 saturated carbocycles. The van der Waals surface area contributed by atoms with Crippen LogP contribution in [0.25, 0.3) is 0 Å². The van der Waals surface area contributed by atoms with Gasteiger partial charge in [0.05, 0.1) is 0 Å². The number of hydrogen-bond donors (Lipinski definition) is 0. The van der Waals surface area contributed by atoms with Gasteiger partial charge in [0.15, 0.2) is 0 Å². The number of ether oxygens (including phenoxy) is 4. The van der Waals surface area contributed by atoms with Crippen LogP contribution in [0.4, 0.5) is 0 Å². The molecular weight excluding hydrogens is 420 g/mol. The summed E-state index contributed by atoms with van der Waals surface area (Å²) in [5, 5.41) is 0. The molecule has 0 aromatic heterocycles. The summed E-state index contributed by atoms with van der Waals surface area (Å²) in [4.78, 5) is 22.9. The van der Waals surface area contributed by atoms with Gasteiger partial charge in [-0.2, -0.15) is 0 Å². The van der Waals surface area contributed by atoms with Crippen molar-refractivity contribution in [3.63, 3.8) is 0 Å². The molecule has 0 amide bonds. The normalized spacial score (nSPS) is 11.5. The lowest BCUT2D eigenvalue weighted by atomic mass is 9.89. The lowest BCUT2D eigenvalue weighted by molar-refractivity contribution is -0.181. The Balaban J connectivity index is 2.10. The van der Waals surface area contributed by atoms with E-state index in [-0.39, 0.29) is 5.92 Å². The summed E-state index contributed by atoms with van der Waals surface area (Å²) in [7, 11) is 0. The van der Waals surface area contributed by atoms with Crippen LogP contribution in [-0.4, -0.2) is 23.5 Å². The Morgan fingerprint density at radius 2 is 1.09 bits per heavy atom. The number of hydrogen-bond acceptors (Lipinski definition) is 6. The molecule has 0 saturated heterocycles. The second-order valence-corrected chi connectivity index (χ2v) is 8.35. The molecule has 6 nitrogen and oxygen atoms in total. The highest BCUT2D eigenvalue weighted by atomic mass is 16.7. The van der Waals surface area contributed by atoms with Crippen molar-refractivity contribution in [2.75, 3.05) is 0 Å². The highest BCUT2D eigenvalue weighted by molar-refractivity contribution is 5.81. The van der Waals surface area contributed by atoms with E-state index in [9.17, 15) is 9.59 Å². The summed E-state index contributed by atoms with van der Waals surface area (Å²) < 4.78 is 22.0. The summed E-state index contributed by atoms with van der Waals surface area (Å²) in [6.45, 7) is 15.6. The maximum atomic E-state index is 11.5. The highest BCUT2D eigenvalue weighted by Gasteiger charge is 2.25. The molecule has 0 aliphatic heterocycles. The van der Waals surface area contributed by atoms with E-state index in [0.29, 0.717) is 11.5 Å². The van der Waals surface area contributed by atoms with E-state index in [0.717, 1.165) is 29.7 Å². The van der Waals surface area contributed by atoms with E-state index in [4.69, 9.17) is 18.9 Å². The minimum Gasteiger partial charge on any atom is -0.453 e. The van der Waals surface area contributed by atoms with Gasteiger partial charge < -0.3 is 18.9 Å². The molecule has 33 heavy (non-hydrogen) atoms. The Morgan fingerprint density at radius 3 is 1.36 bits per heavy atom. The lowest BCUT2D eigenvalue weighted by Gasteiger charge is -2.26. The monoisotopic (exact) mass is 452 g/mol. The van der Waals surface area contributed by atoms with Gasteiger partial charge in [0.1, 0.15) is 11.5 Å². The zero-order valence-corrected chi connectivity index (χ0v) is 19.9. The molecule has 176 valence electrons. The molecule has 2 aromatic rings. The molecule has 2 aromatic carbocycles. The fourth-order valence-electron chi connectivity index (χ4n) is 3.38. The first-order chi connectivity index (χ1) is 15.5. The molecule has 0 aliphatic rings. The molecule has 0 N–H and O–H groups in total. The van der Waals surface area contributed by atoms with Crippen LogP contribution in [0.2, 0.25) is 0 Å². The third-order valence-corrected chi connectivity index (χ3v) is 4.73. The number of esters is 2. The molecule has 0 fully saturated rings. The predicted molar refractivity (Wildman–Crippen MR) is 127 cm³/mol. The predicted octanol–water partition coefficient (Wildman–Crippen LogP) is 5.92. The highest BCUT2D eigenvalue weighted by Crippen LogP contribution is 2.32. The summed E-state index contributed by atoms with van der Waals surface area (Å²) in [5.41, 5.74) is 2.25. The maximum absolute atomic E-state index is 11.5. The van der Waals surface area contributed by atoms with Crippen molar-refractivity contribution in [2.45, 2.75) is 58.5 Å². The number of benzene rings is 2. The van der Waals surface area contributed by atoms with E-state index >= 15 is 0 Å². The van der Waals surface area contributed by atoms with Crippen LogP contribution >= 0.6 is 0 Å². The van der Waals surface area contributed by atoms with Gasteiger partial charge in [-0.1, -0.05) is 44.3 Å². The van der Waals surface area contributed by atoms with Crippen molar-refractivity contribution < 1.29 is 28.5 Å². The van der Waals surface area contributed by atoms with E-state index in [1.54, 1.807) is 27.7 Å². The van der Waals surface area contributed by atoms with Gasteiger partial charge in [0.2, 0.25) is 11.6 Å². The molecule has 0 aliphatic carbocycles. The van der Waals surface area contributed by atoms with Gasteiger partial charge in [0.25, 0.3) is 0 Å². The second-order valence-electron chi connectivity index (χ2n) is 8.35. The van der Waals surface area contributed by atoms with Crippen LogP contribution in [0.3, 0.4) is 0 Å². The second kappa shape index (κ2) is 10.9. The molecule has 0 bridgehead atoms. The Morgan fingerprint density at radius 1 is 0.758 bits per heavy atom. The van der Waals surface area contributed by atoms with E-state index < -0.39 is 23.5 Å². The van der Waals surface area contributed by atoms with Crippen LogP contribution in [0, 0.1) is 0 Å². The molecular formula is C27H32O6. The Hall–Kier alpha value is -3.54. The van der Waals surface area contributed by atoms with Crippen LogP contribution in [0.5, 0.6) is 11.5 Å². The molecule has 0 atom stereocenters. The van der Waals surface area contributed by atoms with Crippen molar-refractivity contribution in [3.8, 4) is 11.5 Å². The summed E-state index contributed by atoms with van der Waals surface area (Å²) in [6, 6.07) is 15.4. The molecule has 0 radical (unpaired) electrons. The minimum absolute atomic E-state index is 0.173. The third kappa shape index (κ3) is 7.83. The third-order valence-electron chi connectivity index (χ3n) is 4.73. The van der Waals surface area contributed by atoms with Gasteiger partial charge in [-0.15, -0.1) is 0 Å². The first-order valence-electron chi connectivity index (χ1n) is 10.8. The van der Waals surface area contributed by atoms with Gasteiger partial charge in [-0.3, -0.25) is 0 Å². The number of rotatable bonds is 11. The van der Waals surface area contributed by atoms with Gasteiger partial charge >= 0.3 is 11.9 Å².